The normalized spacial score (nSPS) is 15.9. The van der Waals surface area contributed by atoms with Gasteiger partial charge in [0.15, 0.2) is 5.75 Å². The Morgan fingerprint density at radius 2 is 2.16 bits per heavy atom. The molecule has 0 unspecified atom stereocenters. The predicted octanol–water partition coefficient (Wildman–Crippen LogP) is 2.59. The van der Waals surface area contributed by atoms with Crippen LogP contribution in [0.5, 0.6) is 5.75 Å². The van der Waals surface area contributed by atoms with Crippen molar-refractivity contribution >= 4 is 11.6 Å². The Kier molecular flexibility index (Phi) is 3.98. The molecule has 0 bridgehead atoms. The fourth-order valence-corrected chi connectivity index (χ4v) is 2.23. The highest BCUT2D eigenvalue weighted by atomic mass is 16.5. The van der Waals surface area contributed by atoms with Gasteiger partial charge >= 0.3 is 0 Å². The third kappa shape index (κ3) is 3.00. The number of rotatable bonds is 6. The van der Waals surface area contributed by atoms with Gasteiger partial charge in [0.2, 0.25) is 0 Å². The van der Waals surface area contributed by atoms with Gasteiger partial charge in [-0.3, -0.25) is 4.79 Å². The molecule has 0 aromatic heterocycles. The number of carbonyl (C=O) groups is 1. The Balaban J connectivity index is 2.08. The topological polar surface area (TPSA) is 64.3 Å². The smallest absolute Gasteiger partial charge is 0.255 e. The number of ether oxygens (including phenoxy) is 1. The number of benzene rings is 1. The summed E-state index contributed by atoms with van der Waals surface area (Å²) in [4.78, 5) is 12.2. The van der Waals surface area contributed by atoms with Crippen LogP contribution in [0.15, 0.2) is 18.2 Å². The van der Waals surface area contributed by atoms with Crippen molar-refractivity contribution in [3.63, 3.8) is 0 Å². The van der Waals surface area contributed by atoms with E-state index >= 15 is 0 Å². The predicted molar refractivity (Wildman–Crippen MR) is 76.3 cm³/mol. The second-order valence-electron chi connectivity index (χ2n) is 5.19. The Hall–Kier alpha value is -1.71. The highest BCUT2D eigenvalue weighted by Crippen LogP contribution is 2.47. The highest BCUT2D eigenvalue weighted by molar-refractivity contribution is 5.98. The van der Waals surface area contributed by atoms with E-state index in [1.54, 1.807) is 18.2 Å². The number of nitrogen functional groups attached to an aromatic ring is 1. The SMILES string of the molecule is CCOc1c(N)cccc1C(=O)NCC1(CC)CC1. The lowest BCUT2D eigenvalue weighted by atomic mass is 10.0. The van der Waals surface area contributed by atoms with Crippen LogP contribution < -0.4 is 15.8 Å². The average Bonchev–Trinajstić information content (AvgIpc) is 3.19. The monoisotopic (exact) mass is 262 g/mol. The molecular weight excluding hydrogens is 240 g/mol. The van der Waals surface area contributed by atoms with E-state index in [2.05, 4.69) is 12.2 Å². The first-order valence-electron chi connectivity index (χ1n) is 6.91. The molecule has 1 aromatic carbocycles. The van der Waals surface area contributed by atoms with Gasteiger partial charge in [-0.15, -0.1) is 0 Å². The van der Waals surface area contributed by atoms with Crippen LogP contribution in [0.25, 0.3) is 0 Å². The van der Waals surface area contributed by atoms with Crippen molar-refractivity contribution in [3.8, 4) is 5.75 Å². The van der Waals surface area contributed by atoms with Gasteiger partial charge < -0.3 is 15.8 Å². The number of amides is 1. The molecule has 0 heterocycles. The molecule has 0 radical (unpaired) electrons. The van der Waals surface area contributed by atoms with Gasteiger partial charge in [-0.2, -0.15) is 0 Å². The van der Waals surface area contributed by atoms with E-state index in [-0.39, 0.29) is 5.91 Å². The second-order valence-corrected chi connectivity index (χ2v) is 5.19. The number of nitrogens with one attached hydrogen (secondary N) is 1. The van der Waals surface area contributed by atoms with E-state index in [0.29, 0.717) is 29.0 Å². The van der Waals surface area contributed by atoms with Crippen LogP contribution in [0.2, 0.25) is 0 Å². The summed E-state index contributed by atoms with van der Waals surface area (Å²) in [6.07, 6.45) is 3.53. The van der Waals surface area contributed by atoms with Crippen LogP contribution >= 0.6 is 0 Å². The fraction of sp³-hybridized carbons (Fsp3) is 0.533. The van der Waals surface area contributed by atoms with E-state index in [0.717, 1.165) is 13.0 Å². The van der Waals surface area contributed by atoms with E-state index < -0.39 is 0 Å². The maximum atomic E-state index is 12.2. The van der Waals surface area contributed by atoms with Crippen LogP contribution in [0.1, 0.15) is 43.5 Å². The Morgan fingerprint density at radius 1 is 1.42 bits per heavy atom. The van der Waals surface area contributed by atoms with Crippen molar-refractivity contribution in [2.45, 2.75) is 33.1 Å². The molecule has 1 fully saturated rings. The molecule has 4 heteroatoms. The first-order chi connectivity index (χ1) is 9.12. The Morgan fingerprint density at radius 3 is 2.74 bits per heavy atom. The zero-order valence-corrected chi connectivity index (χ0v) is 11.7. The zero-order valence-electron chi connectivity index (χ0n) is 11.7. The average molecular weight is 262 g/mol. The molecule has 1 saturated carbocycles. The summed E-state index contributed by atoms with van der Waals surface area (Å²) < 4.78 is 5.48. The van der Waals surface area contributed by atoms with Crippen LogP contribution in [-0.4, -0.2) is 19.1 Å². The van der Waals surface area contributed by atoms with Crippen molar-refractivity contribution in [3.05, 3.63) is 23.8 Å². The summed E-state index contributed by atoms with van der Waals surface area (Å²) in [5, 5.41) is 3.00. The van der Waals surface area contributed by atoms with E-state index in [1.165, 1.54) is 12.8 Å². The third-order valence-electron chi connectivity index (χ3n) is 3.91. The number of nitrogens with two attached hydrogens (primary N) is 1. The van der Waals surface area contributed by atoms with Crippen molar-refractivity contribution < 1.29 is 9.53 Å². The van der Waals surface area contributed by atoms with Crippen LogP contribution in [0, 0.1) is 5.41 Å². The molecule has 3 N–H and O–H groups in total. The minimum atomic E-state index is -0.101. The quantitative estimate of drug-likeness (QED) is 0.774. The number of hydrogen-bond donors (Lipinski definition) is 2. The number of hydrogen-bond acceptors (Lipinski definition) is 3. The molecule has 19 heavy (non-hydrogen) atoms. The van der Waals surface area contributed by atoms with Gasteiger partial charge in [-0.25, -0.2) is 0 Å². The van der Waals surface area contributed by atoms with Gasteiger partial charge in [0.25, 0.3) is 5.91 Å². The molecule has 0 aliphatic heterocycles. The fourth-order valence-electron chi connectivity index (χ4n) is 2.23. The standard InChI is InChI=1S/C15H22N2O2/c1-3-15(8-9-15)10-17-14(18)11-6-5-7-12(16)13(11)19-4-2/h5-7H,3-4,8-10,16H2,1-2H3,(H,17,18). The van der Waals surface area contributed by atoms with Crippen LogP contribution in [0.4, 0.5) is 5.69 Å². The molecule has 2 rings (SSSR count). The lowest BCUT2D eigenvalue weighted by Crippen LogP contribution is -2.30. The van der Waals surface area contributed by atoms with Gasteiger partial charge in [-0.05, 0) is 43.7 Å². The van der Waals surface area contributed by atoms with Gasteiger partial charge in [0, 0.05) is 6.54 Å². The minimum Gasteiger partial charge on any atom is -0.491 e. The molecule has 0 saturated heterocycles. The van der Waals surface area contributed by atoms with E-state index in [1.807, 2.05) is 6.92 Å². The highest BCUT2D eigenvalue weighted by Gasteiger charge is 2.40. The molecule has 0 atom stereocenters. The zero-order chi connectivity index (χ0) is 13.9. The summed E-state index contributed by atoms with van der Waals surface area (Å²) in [5.41, 5.74) is 7.22. The summed E-state index contributed by atoms with van der Waals surface area (Å²) in [5.74, 6) is 0.388. The summed E-state index contributed by atoms with van der Waals surface area (Å²) in [6.45, 7) is 5.28. The van der Waals surface area contributed by atoms with Gasteiger partial charge in [-0.1, -0.05) is 13.0 Å². The molecule has 1 aromatic rings. The van der Waals surface area contributed by atoms with E-state index in [9.17, 15) is 4.79 Å². The number of anilines is 1. The second kappa shape index (κ2) is 5.51. The first-order valence-corrected chi connectivity index (χ1v) is 6.91. The maximum absolute atomic E-state index is 12.2. The van der Waals surface area contributed by atoms with Gasteiger partial charge in [0.05, 0.1) is 17.9 Å². The number of carbonyl (C=O) groups excluding carboxylic acids is 1. The summed E-state index contributed by atoms with van der Waals surface area (Å²) >= 11 is 0. The van der Waals surface area contributed by atoms with Crippen molar-refractivity contribution in [1.82, 2.24) is 5.32 Å². The van der Waals surface area contributed by atoms with Crippen LogP contribution in [-0.2, 0) is 0 Å². The molecule has 0 spiro atoms. The summed E-state index contributed by atoms with van der Waals surface area (Å²) in [6, 6.07) is 5.28. The summed E-state index contributed by atoms with van der Waals surface area (Å²) in [7, 11) is 0. The molecule has 104 valence electrons. The van der Waals surface area contributed by atoms with Crippen molar-refractivity contribution in [2.75, 3.05) is 18.9 Å². The molecule has 1 aliphatic carbocycles. The minimum absolute atomic E-state index is 0.101. The maximum Gasteiger partial charge on any atom is 0.255 e. The van der Waals surface area contributed by atoms with E-state index in [4.69, 9.17) is 10.5 Å². The lowest BCUT2D eigenvalue weighted by molar-refractivity contribution is 0.0940. The molecule has 1 amide bonds. The molecule has 1 aliphatic rings. The lowest BCUT2D eigenvalue weighted by Gasteiger charge is -2.16. The van der Waals surface area contributed by atoms with Crippen molar-refractivity contribution in [2.24, 2.45) is 5.41 Å². The molecular formula is C15H22N2O2. The van der Waals surface area contributed by atoms with Crippen LogP contribution in [0.3, 0.4) is 0 Å². The van der Waals surface area contributed by atoms with Crippen molar-refractivity contribution in [1.29, 1.82) is 0 Å². The number of para-hydroxylation sites is 1. The third-order valence-corrected chi connectivity index (χ3v) is 3.91. The van der Waals surface area contributed by atoms with Gasteiger partial charge in [0.1, 0.15) is 0 Å². The largest absolute Gasteiger partial charge is 0.491 e. The first kappa shape index (κ1) is 13.7. The Labute approximate surface area is 114 Å². The molecule has 4 nitrogen and oxygen atoms in total. The Bertz CT molecular complexity index is 467.